The van der Waals surface area contributed by atoms with E-state index in [4.69, 9.17) is 10.5 Å². The SMILES string of the molecule is COc1ccc(C2(CN)CC2(C)C)nc1. The van der Waals surface area contributed by atoms with E-state index in [0.29, 0.717) is 6.54 Å². The van der Waals surface area contributed by atoms with Gasteiger partial charge in [0.15, 0.2) is 0 Å². The lowest BCUT2D eigenvalue weighted by Gasteiger charge is -2.17. The van der Waals surface area contributed by atoms with Gasteiger partial charge >= 0.3 is 0 Å². The molecule has 1 aromatic heterocycles. The van der Waals surface area contributed by atoms with Crippen molar-refractivity contribution in [3.8, 4) is 5.75 Å². The zero-order chi connectivity index (χ0) is 11.1. The van der Waals surface area contributed by atoms with E-state index in [1.807, 2.05) is 12.1 Å². The summed E-state index contributed by atoms with van der Waals surface area (Å²) >= 11 is 0. The van der Waals surface area contributed by atoms with Crippen molar-refractivity contribution in [1.29, 1.82) is 0 Å². The summed E-state index contributed by atoms with van der Waals surface area (Å²) < 4.78 is 5.09. The van der Waals surface area contributed by atoms with Crippen molar-refractivity contribution in [3.63, 3.8) is 0 Å². The van der Waals surface area contributed by atoms with E-state index < -0.39 is 0 Å². The number of methoxy groups -OCH3 is 1. The van der Waals surface area contributed by atoms with Crippen LogP contribution in [0.4, 0.5) is 0 Å². The van der Waals surface area contributed by atoms with Gasteiger partial charge in [0, 0.05) is 17.7 Å². The van der Waals surface area contributed by atoms with Gasteiger partial charge in [-0.25, -0.2) is 0 Å². The maximum Gasteiger partial charge on any atom is 0.137 e. The summed E-state index contributed by atoms with van der Waals surface area (Å²) in [4.78, 5) is 4.45. The summed E-state index contributed by atoms with van der Waals surface area (Å²) in [5.41, 5.74) is 7.33. The fraction of sp³-hybridized carbons (Fsp3) is 0.583. The number of aromatic nitrogens is 1. The van der Waals surface area contributed by atoms with Crippen LogP contribution >= 0.6 is 0 Å². The maximum absolute atomic E-state index is 5.88. The van der Waals surface area contributed by atoms with Crippen molar-refractivity contribution in [2.75, 3.05) is 13.7 Å². The number of ether oxygens (including phenoxy) is 1. The molecule has 1 aromatic rings. The largest absolute Gasteiger partial charge is 0.495 e. The topological polar surface area (TPSA) is 48.1 Å². The summed E-state index contributed by atoms with van der Waals surface area (Å²) in [6, 6.07) is 3.98. The molecular weight excluding hydrogens is 188 g/mol. The van der Waals surface area contributed by atoms with Crippen molar-refractivity contribution < 1.29 is 4.74 Å². The lowest BCUT2D eigenvalue weighted by molar-refractivity contribution is 0.411. The van der Waals surface area contributed by atoms with Gasteiger partial charge in [0.2, 0.25) is 0 Å². The van der Waals surface area contributed by atoms with Gasteiger partial charge in [0.05, 0.1) is 13.3 Å². The molecule has 0 spiro atoms. The Bertz CT molecular complexity index is 358. The molecular formula is C12H18N2O. The van der Waals surface area contributed by atoms with Crippen LogP contribution in [-0.2, 0) is 5.41 Å². The second-order valence-electron chi connectivity index (χ2n) is 4.93. The fourth-order valence-corrected chi connectivity index (χ4v) is 2.38. The monoisotopic (exact) mass is 206 g/mol. The number of rotatable bonds is 3. The quantitative estimate of drug-likeness (QED) is 0.819. The van der Waals surface area contributed by atoms with Gasteiger partial charge in [-0.1, -0.05) is 13.8 Å². The Labute approximate surface area is 90.7 Å². The van der Waals surface area contributed by atoms with E-state index in [9.17, 15) is 0 Å². The first-order valence-electron chi connectivity index (χ1n) is 5.26. The molecule has 0 bridgehead atoms. The van der Waals surface area contributed by atoms with E-state index in [1.54, 1.807) is 13.3 Å². The van der Waals surface area contributed by atoms with Crippen LogP contribution in [0.3, 0.4) is 0 Å². The normalized spacial score (nSPS) is 27.5. The first-order chi connectivity index (χ1) is 7.05. The molecule has 1 unspecified atom stereocenters. The molecule has 1 heterocycles. The molecule has 1 fully saturated rings. The minimum atomic E-state index is 0.0826. The van der Waals surface area contributed by atoms with E-state index >= 15 is 0 Å². The third-order valence-corrected chi connectivity index (χ3v) is 3.73. The van der Waals surface area contributed by atoms with Crippen LogP contribution in [0, 0.1) is 5.41 Å². The van der Waals surface area contributed by atoms with Gasteiger partial charge in [-0.2, -0.15) is 0 Å². The lowest BCUT2D eigenvalue weighted by Crippen LogP contribution is -2.26. The minimum Gasteiger partial charge on any atom is -0.495 e. The molecule has 0 amide bonds. The Balaban J connectivity index is 2.30. The Morgan fingerprint density at radius 1 is 1.47 bits per heavy atom. The van der Waals surface area contributed by atoms with Gasteiger partial charge in [-0.05, 0) is 24.0 Å². The van der Waals surface area contributed by atoms with E-state index in [-0.39, 0.29) is 10.8 Å². The van der Waals surface area contributed by atoms with Gasteiger partial charge in [-0.15, -0.1) is 0 Å². The van der Waals surface area contributed by atoms with Crippen LogP contribution in [0.15, 0.2) is 18.3 Å². The Kier molecular flexibility index (Phi) is 2.23. The van der Waals surface area contributed by atoms with E-state index in [2.05, 4.69) is 18.8 Å². The molecule has 1 saturated carbocycles. The highest BCUT2D eigenvalue weighted by Crippen LogP contribution is 2.63. The second-order valence-corrected chi connectivity index (χ2v) is 4.93. The third kappa shape index (κ3) is 1.42. The Morgan fingerprint density at radius 3 is 2.47 bits per heavy atom. The molecule has 0 aliphatic heterocycles. The molecule has 3 heteroatoms. The summed E-state index contributed by atoms with van der Waals surface area (Å²) in [5.74, 6) is 0.796. The zero-order valence-electron chi connectivity index (χ0n) is 9.58. The fourth-order valence-electron chi connectivity index (χ4n) is 2.38. The predicted octanol–water partition coefficient (Wildman–Crippen LogP) is 1.72. The number of nitrogens with two attached hydrogens (primary N) is 1. The maximum atomic E-state index is 5.88. The summed E-state index contributed by atoms with van der Waals surface area (Å²) in [7, 11) is 1.65. The Morgan fingerprint density at radius 2 is 2.13 bits per heavy atom. The van der Waals surface area contributed by atoms with Crippen LogP contribution in [-0.4, -0.2) is 18.6 Å². The van der Waals surface area contributed by atoms with Crippen molar-refractivity contribution in [2.24, 2.45) is 11.1 Å². The van der Waals surface area contributed by atoms with Crippen molar-refractivity contribution in [2.45, 2.75) is 25.7 Å². The molecule has 1 aliphatic rings. The summed E-state index contributed by atoms with van der Waals surface area (Å²) in [5, 5.41) is 0. The van der Waals surface area contributed by atoms with Crippen LogP contribution in [0.1, 0.15) is 26.0 Å². The lowest BCUT2D eigenvalue weighted by atomic mass is 9.92. The molecule has 0 aromatic carbocycles. The van der Waals surface area contributed by atoms with Crippen LogP contribution in [0.5, 0.6) is 5.75 Å². The van der Waals surface area contributed by atoms with Gasteiger partial charge in [0.25, 0.3) is 0 Å². The first kappa shape index (κ1) is 10.4. The molecule has 82 valence electrons. The smallest absolute Gasteiger partial charge is 0.137 e. The molecule has 1 atom stereocenters. The summed E-state index contributed by atoms with van der Waals surface area (Å²) in [6.45, 7) is 5.15. The number of hydrogen-bond donors (Lipinski definition) is 1. The van der Waals surface area contributed by atoms with Gasteiger partial charge in [-0.3, -0.25) is 4.98 Å². The predicted molar refractivity (Wildman–Crippen MR) is 59.9 cm³/mol. The van der Waals surface area contributed by atoms with Crippen LogP contribution in [0.25, 0.3) is 0 Å². The molecule has 2 N–H and O–H groups in total. The number of hydrogen-bond acceptors (Lipinski definition) is 3. The summed E-state index contributed by atoms with van der Waals surface area (Å²) in [6.07, 6.45) is 2.89. The van der Waals surface area contributed by atoms with Crippen molar-refractivity contribution >= 4 is 0 Å². The first-order valence-corrected chi connectivity index (χ1v) is 5.26. The van der Waals surface area contributed by atoms with Crippen molar-refractivity contribution in [3.05, 3.63) is 24.0 Å². The average molecular weight is 206 g/mol. The molecule has 0 saturated heterocycles. The zero-order valence-corrected chi connectivity index (χ0v) is 9.58. The third-order valence-electron chi connectivity index (χ3n) is 3.73. The molecule has 3 nitrogen and oxygen atoms in total. The standard InChI is InChI=1S/C12H18N2O/c1-11(2)7-12(11,8-13)10-5-4-9(15-3)6-14-10/h4-6H,7-8,13H2,1-3H3. The molecule has 2 rings (SSSR count). The van der Waals surface area contributed by atoms with E-state index in [0.717, 1.165) is 17.9 Å². The number of pyridine rings is 1. The Hall–Kier alpha value is -1.09. The van der Waals surface area contributed by atoms with Crippen LogP contribution < -0.4 is 10.5 Å². The highest BCUT2D eigenvalue weighted by molar-refractivity contribution is 5.34. The number of nitrogens with zero attached hydrogens (tertiary/aromatic N) is 1. The minimum absolute atomic E-state index is 0.0826. The molecule has 1 aliphatic carbocycles. The van der Waals surface area contributed by atoms with Gasteiger partial charge < -0.3 is 10.5 Å². The highest BCUT2D eigenvalue weighted by atomic mass is 16.5. The van der Waals surface area contributed by atoms with Gasteiger partial charge in [0.1, 0.15) is 5.75 Å². The molecule has 15 heavy (non-hydrogen) atoms. The molecule has 0 radical (unpaired) electrons. The average Bonchev–Trinajstić information content (AvgIpc) is 2.82. The second kappa shape index (κ2) is 3.20. The highest BCUT2D eigenvalue weighted by Gasteiger charge is 2.61. The van der Waals surface area contributed by atoms with Crippen LogP contribution in [0.2, 0.25) is 0 Å². The van der Waals surface area contributed by atoms with E-state index in [1.165, 1.54) is 0 Å². The van der Waals surface area contributed by atoms with Crippen molar-refractivity contribution in [1.82, 2.24) is 4.98 Å².